The Morgan fingerprint density at radius 2 is 2.27 bits per heavy atom. The summed E-state index contributed by atoms with van der Waals surface area (Å²) in [5.41, 5.74) is 5.89. The van der Waals surface area contributed by atoms with Gasteiger partial charge in [-0.2, -0.15) is 5.10 Å². The third-order valence-electron chi connectivity index (χ3n) is 3.68. The van der Waals surface area contributed by atoms with Gasteiger partial charge in [0.2, 0.25) is 0 Å². The van der Waals surface area contributed by atoms with Gasteiger partial charge in [0.25, 0.3) is 0 Å². The standard InChI is InChI=1S/C12H21N3/c1-2-10-4-3-5-11(7-6-10)15-12(13)8-9-14-15/h8-11H,2-7,13H2,1H3. The second kappa shape index (κ2) is 4.69. The fraction of sp³-hybridized carbons (Fsp3) is 0.750. The first-order valence-electron chi connectivity index (χ1n) is 6.10. The molecule has 1 aliphatic rings. The quantitative estimate of drug-likeness (QED) is 0.758. The normalized spacial score (nSPS) is 27.5. The number of hydrogen-bond acceptors (Lipinski definition) is 2. The van der Waals surface area contributed by atoms with Crippen LogP contribution in [-0.4, -0.2) is 9.78 Å². The molecule has 0 saturated heterocycles. The molecule has 3 heteroatoms. The topological polar surface area (TPSA) is 43.8 Å². The van der Waals surface area contributed by atoms with Gasteiger partial charge in [-0.1, -0.05) is 26.2 Å². The maximum absolute atomic E-state index is 5.89. The zero-order valence-electron chi connectivity index (χ0n) is 9.52. The van der Waals surface area contributed by atoms with Gasteiger partial charge in [-0.05, 0) is 31.2 Å². The number of nitrogens with zero attached hydrogens (tertiary/aromatic N) is 2. The highest BCUT2D eigenvalue weighted by Crippen LogP contribution is 2.32. The summed E-state index contributed by atoms with van der Waals surface area (Å²) in [7, 11) is 0. The summed E-state index contributed by atoms with van der Waals surface area (Å²) in [4.78, 5) is 0. The summed E-state index contributed by atoms with van der Waals surface area (Å²) in [6.45, 7) is 2.30. The lowest BCUT2D eigenvalue weighted by atomic mass is 9.98. The predicted molar refractivity (Wildman–Crippen MR) is 62.5 cm³/mol. The minimum Gasteiger partial charge on any atom is -0.384 e. The van der Waals surface area contributed by atoms with Gasteiger partial charge in [0.05, 0.1) is 12.2 Å². The van der Waals surface area contributed by atoms with E-state index in [2.05, 4.69) is 12.0 Å². The van der Waals surface area contributed by atoms with E-state index in [1.165, 1.54) is 38.5 Å². The molecule has 0 spiro atoms. The van der Waals surface area contributed by atoms with Crippen LogP contribution >= 0.6 is 0 Å². The first kappa shape index (κ1) is 10.5. The summed E-state index contributed by atoms with van der Waals surface area (Å²) in [6, 6.07) is 2.43. The van der Waals surface area contributed by atoms with Gasteiger partial charge in [-0.3, -0.25) is 0 Å². The average molecular weight is 207 g/mol. The molecule has 2 N–H and O–H groups in total. The molecular weight excluding hydrogens is 186 g/mol. The van der Waals surface area contributed by atoms with Crippen LogP contribution < -0.4 is 5.73 Å². The van der Waals surface area contributed by atoms with Crippen molar-refractivity contribution < 1.29 is 0 Å². The SMILES string of the molecule is CCC1CCCC(n2nccc2N)CC1. The van der Waals surface area contributed by atoms with Crippen LogP contribution in [0.5, 0.6) is 0 Å². The van der Waals surface area contributed by atoms with Crippen LogP contribution in [0.3, 0.4) is 0 Å². The Hall–Kier alpha value is -0.990. The minimum absolute atomic E-state index is 0.538. The summed E-state index contributed by atoms with van der Waals surface area (Å²) < 4.78 is 2.01. The van der Waals surface area contributed by atoms with Gasteiger partial charge < -0.3 is 5.73 Å². The molecule has 0 bridgehead atoms. The van der Waals surface area contributed by atoms with Gasteiger partial charge >= 0.3 is 0 Å². The van der Waals surface area contributed by atoms with Crippen LogP contribution in [0.15, 0.2) is 12.3 Å². The Bertz CT molecular complexity index is 306. The molecule has 3 nitrogen and oxygen atoms in total. The van der Waals surface area contributed by atoms with Crippen molar-refractivity contribution in [1.82, 2.24) is 9.78 Å². The van der Waals surface area contributed by atoms with Crippen molar-refractivity contribution in [2.45, 2.75) is 51.5 Å². The summed E-state index contributed by atoms with van der Waals surface area (Å²) in [5.74, 6) is 1.74. The highest BCUT2D eigenvalue weighted by Gasteiger charge is 2.20. The van der Waals surface area contributed by atoms with Crippen LogP contribution in [0.4, 0.5) is 5.82 Å². The number of rotatable bonds is 2. The molecule has 1 heterocycles. The van der Waals surface area contributed by atoms with Gasteiger partial charge in [-0.25, -0.2) is 4.68 Å². The fourth-order valence-electron chi connectivity index (χ4n) is 2.64. The summed E-state index contributed by atoms with van der Waals surface area (Å²) >= 11 is 0. The third kappa shape index (κ3) is 2.33. The molecule has 15 heavy (non-hydrogen) atoms. The molecule has 0 aliphatic heterocycles. The van der Waals surface area contributed by atoms with Crippen molar-refractivity contribution in [2.24, 2.45) is 5.92 Å². The lowest BCUT2D eigenvalue weighted by Gasteiger charge is -2.16. The lowest BCUT2D eigenvalue weighted by Crippen LogP contribution is -2.12. The highest BCUT2D eigenvalue weighted by molar-refractivity contribution is 5.26. The van der Waals surface area contributed by atoms with Crippen LogP contribution in [0, 0.1) is 5.92 Å². The van der Waals surface area contributed by atoms with E-state index in [1.54, 1.807) is 6.20 Å². The van der Waals surface area contributed by atoms with E-state index in [1.807, 2.05) is 10.7 Å². The highest BCUT2D eigenvalue weighted by atomic mass is 15.3. The van der Waals surface area contributed by atoms with Gasteiger partial charge in [0.15, 0.2) is 0 Å². The van der Waals surface area contributed by atoms with Crippen LogP contribution in [0.25, 0.3) is 0 Å². The molecule has 2 atom stereocenters. The summed E-state index contributed by atoms with van der Waals surface area (Å²) in [5, 5.41) is 4.32. The monoisotopic (exact) mass is 207 g/mol. The second-order valence-corrected chi connectivity index (χ2v) is 4.64. The number of anilines is 1. The molecule has 1 fully saturated rings. The Morgan fingerprint density at radius 3 is 2.93 bits per heavy atom. The molecule has 1 aliphatic carbocycles. The molecule has 1 saturated carbocycles. The number of aromatic nitrogens is 2. The number of hydrogen-bond donors (Lipinski definition) is 1. The van der Waals surface area contributed by atoms with E-state index >= 15 is 0 Å². The fourth-order valence-corrected chi connectivity index (χ4v) is 2.64. The zero-order chi connectivity index (χ0) is 10.7. The minimum atomic E-state index is 0.538. The van der Waals surface area contributed by atoms with Crippen molar-refractivity contribution in [3.63, 3.8) is 0 Å². The maximum Gasteiger partial charge on any atom is 0.121 e. The lowest BCUT2D eigenvalue weighted by molar-refractivity contribution is 0.395. The third-order valence-corrected chi connectivity index (χ3v) is 3.68. The molecular formula is C12H21N3. The maximum atomic E-state index is 5.89. The predicted octanol–water partition coefficient (Wildman–Crippen LogP) is 3.00. The first-order chi connectivity index (χ1) is 7.31. The van der Waals surface area contributed by atoms with Crippen molar-refractivity contribution in [3.8, 4) is 0 Å². The molecule has 2 unspecified atom stereocenters. The van der Waals surface area contributed by atoms with E-state index in [0.29, 0.717) is 6.04 Å². The Morgan fingerprint density at radius 1 is 1.40 bits per heavy atom. The average Bonchev–Trinajstić information content (AvgIpc) is 2.54. The van der Waals surface area contributed by atoms with E-state index in [0.717, 1.165) is 11.7 Å². The Labute approximate surface area is 91.7 Å². The molecule has 84 valence electrons. The van der Waals surface area contributed by atoms with Crippen molar-refractivity contribution in [1.29, 1.82) is 0 Å². The molecule has 0 radical (unpaired) electrons. The van der Waals surface area contributed by atoms with Crippen LogP contribution in [-0.2, 0) is 0 Å². The van der Waals surface area contributed by atoms with E-state index in [4.69, 9.17) is 5.73 Å². The molecule has 0 aromatic carbocycles. The number of nitrogen functional groups attached to an aromatic ring is 1. The van der Waals surface area contributed by atoms with E-state index in [9.17, 15) is 0 Å². The molecule has 2 rings (SSSR count). The van der Waals surface area contributed by atoms with E-state index < -0.39 is 0 Å². The van der Waals surface area contributed by atoms with Gasteiger partial charge in [0.1, 0.15) is 5.82 Å². The molecule has 1 aromatic rings. The first-order valence-corrected chi connectivity index (χ1v) is 6.10. The van der Waals surface area contributed by atoms with Gasteiger partial charge in [0, 0.05) is 0 Å². The second-order valence-electron chi connectivity index (χ2n) is 4.64. The Kier molecular flexibility index (Phi) is 3.29. The molecule has 1 aromatic heterocycles. The summed E-state index contributed by atoms with van der Waals surface area (Å²) in [6.07, 6.45) is 9.64. The van der Waals surface area contributed by atoms with Gasteiger partial charge in [-0.15, -0.1) is 0 Å². The number of nitrogens with two attached hydrogens (primary N) is 1. The van der Waals surface area contributed by atoms with Crippen LogP contribution in [0.1, 0.15) is 51.5 Å². The van der Waals surface area contributed by atoms with E-state index in [-0.39, 0.29) is 0 Å². The smallest absolute Gasteiger partial charge is 0.121 e. The largest absolute Gasteiger partial charge is 0.384 e. The zero-order valence-corrected chi connectivity index (χ0v) is 9.52. The van der Waals surface area contributed by atoms with Crippen molar-refractivity contribution in [3.05, 3.63) is 12.3 Å². The van der Waals surface area contributed by atoms with Crippen molar-refractivity contribution in [2.75, 3.05) is 5.73 Å². The van der Waals surface area contributed by atoms with Crippen molar-refractivity contribution >= 4 is 5.82 Å². The Balaban J connectivity index is 2.02. The van der Waals surface area contributed by atoms with Crippen LogP contribution in [0.2, 0.25) is 0 Å². The molecule has 0 amide bonds.